The molecule has 1 aliphatic rings. The summed E-state index contributed by atoms with van der Waals surface area (Å²) in [7, 11) is 3.46. The van der Waals surface area contributed by atoms with Crippen molar-refractivity contribution >= 4 is 11.9 Å². The van der Waals surface area contributed by atoms with Gasteiger partial charge in [0, 0.05) is 25.7 Å². The van der Waals surface area contributed by atoms with Crippen LogP contribution in [0.3, 0.4) is 0 Å². The molecule has 1 fully saturated rings. The molecule has 6 nitrogen and oxygen atoms in total. The van der Waals surface area contributed by atoms with Gasteiger partial charge in [-0.25, -0.2) is 4.79 Å². The van der Waals surface area contributed by atoms with Gasteiger partial charge in [-0.3, -0.25) is 4.79 Å². The number of hydrogen-bond donors (Lipinski definition) is 3. The molecular weight excluding hydrogens is 272 g/mol. The average molecular weight is 300 g/mol. The van der Waals surface area contributed by atoms with Gasteiger partial charge in [-0.1, -0.05) is 19.3 Å². The first kappa shape index (κ1) is 17.9. The van der Waals surface area contributed by atoms with Crippen molar-refractivity contribution < 1.29 is 19.4 Å². The molecule has 1 rings (SSSR count). The summed E-state index contributed by atoms with van der Waals surface area (Å²) < 4.78 is 4.92. The minimum absolute atomic E-state index is 0.169. The highest BCUT2D eigenvalue weighted by Crippen LogP contribution is 2.30. The van der Waals surface area contributed by atoms with Crippen molar-refractivity contribution in [2.24, 2.45) is 0 Å². The van der Waals surface area contributed by atoms with Crippen LogP contribution in [0.25, 0.3) is 0 Å². The van der Waals surface area contributed by atoms with Crippen LogP contribution in [-0.4, -0.2) is 49.3 Å². The first-order valence-electron chi connectivity index (χ1n) is 7.73. The molecule has 0 saturated heterocycles. The number of carbonyl (C=O) groups is 2. The summed E-state index contributed by atoms with van der Waals surface area (Å²) >= 11 is 0. The second-order valence-electron chi connectivity index (χ2n) is 5.86. The highest BCUT2D eigenvalue weighted by atomic mass is 16.5. The van der Waals surface area contributed by atoms with Crippen LogP contribution in [0.15, 0.2) is 0 Å². The Morgan fingerprint density at radius 2 is 1.95 bits per heavy atom. The molecule has 0 aromatic carbocycles. The molecule has 0 heterocycles. The summed E-state index contributed by atoms with van der Waals surface area (Å²) in [5.41, 5.74) is -0.169. The van der Waals surface area contributed by atoms with Crippen molar-refractivity contribution in [2.45, 2.75) is 62.9 Å². The summed E-state index contributed by atoms with van der Waals surface area (Å²) in [5.74, 6) is -1.17. The van der Waals surface area contributed by atoms with Crippen LogP contribution in [0.1, 0.15) is 51.4 Å². The third-order valence-electron chi connectivity index (χ3n) is 4.31. The normalized spacial score (nSPS) is 19.0. The van der Waals surface area contributed by atoms with Crippen LogP contribution in [0, 0.1) is 0 Å². The number of carbonyl (C=O) groups excluding carboxylic acids is 1. The highest BCUT2D eigenvalue weighted by Gasteiger charge is 2.33. The van der Waals surface area contributed by atoms with E-state index >= 15 is 0 Å². The molecule has 122 valence electrons. The van der Waals surface area contributed by atoms with Crippen LogP contribution < -0.4 is 10.6 Å². The summed E-state index contributed by atoms with van der Waals surface area (Å²) in [4.78, 5) is 23.4. The molecule has 3 N–H and O–H groups in total. The van der Waals surface area contributed by atoms with Crippen LogP contribution in [0.2, 0.25) is 0 Å². The number of carboxylic acids is 1. The molecule has 0 aromatic rings. The monoisotopic (exact) mass is 300 g/mol. The van der Waals surface area contributed by atoms with Crippen molar-refractivity contribution in [3.63, 3.8) is 0 Å². The van der Waals surface area contributed by atoms with Gasteiger partial charge in [0.05, 0.1) is 0 Å². The number of nitrogens with one attached hydrogen (secondary N) is 2. The Hall–Kier alpha value is -1.14. The lowest BCUT2D eigenvalue weighted by Gasteiger charge is -2.37. The lowest BCUT2D eigenvalue weighted by molar-refractivity contribution is -0.142. The number of hydrogen-bond acceptors (Lipinski definition) is 4. The van der Waals surface area contributed by atoms with Crippen molar-refractivity contribution in [1.29, 1.82) is 0 Å². The van der Waals surface area contributed by atoms with Crippen molar-refractivity contribution in [3.8, 4) is 0 Å². The van der Waals surface area contributed by atoms with Crippen molar-refractivity contribution in [2.75, 3.05) is 20.8 Å². The van der Waals surface area contributed by atoms with Crippen LogP contribution in [0.5, 0.6) is 0 Å². The van der Waals surface area contributed by atoms with Crippen molar-refractivity contribution in [1.82, 2.24) is 10.6 Å². The minimum atomic E-state index is -0.985. The lowest BCUT2D eigenvalue weighted by atomic mass is 9.79. The van der Waals surface area contributed by atoms with Crippen LogP contribution in [0.4, 0.5) is 0 Å². The molecule has 0 aromatic heterocycles. The molecule has 1 amide bonds. The van der Waals surface area contributed by atoms with Gasteiger partial charge >= 0.3 is 5.97 Å². The molecule has 1 atom stereocenters. The van der Waals surface area contributed by atoms with E-state index in [1.165, 1.54) is 6.42 Å². The lowest BCUT2D eigenvalue weighted by Crippen LogP contribution is -2.50. The summed E-state index contributed by atoms with van der Waals surface area (Å²) in [6.07, 6.45) is 6.73. The third-order valence-corrected chi connectivity index (χ3v) is 4.31. The van der Waals surface area contributed by atoms with Gasteiger partial charge in [0.1, 0.15) is 6.04 Å². The molecule has 1 aliphatic carbocycles. The molecule has 0 bridgehead atoms. The van der Waals surface area contributed by atoms with E-state index in [9.17, 15) is 14.7 Å². The number of aliphatic carboxylic acids is 1. The fourth-order valence-electron chi connectivity index (χ4n) is 2.99. The first-order chi connectivity index (χ1) is 10.0. The zero-order valence-electron chi connectivity index (χ0n) is 13.1. The standard InChI is InChI=1S/C15H28N2O4/c1-16-15(8-4-3-5-9-15)11-13(18)17-12(14(19)20)7-6-10-21-2/h12,16H,3-11H2,1-2H3,(H,17,18)(H,19,20). The van der Waals surface area contributed by atoms with E-state index in [0.29, 0.717) is 25.9 Å². The van der Waals surface area contributed by atoms with Gasteiger partial charge in [0.25, 0.3) is 0 Å². The molecule has 1 unspecified atom stereocenters. The topological polar surface area (TPSA) is 87.7 Å². The first-order valence-corrected chi connectivity index (χ1v) is 7.73. The predicted molar refractivity (Wildman–Crippen MR) is 80.2 cm³/mol. The number of methoxy groups -OCH3 is 1. The van der Waals surface area contributed by atoms with Gasteiger partial charge in [-0.2, -0.15) is 0 Å². The fraction of sp³-hybridized carbons (Fsp3) is 0.867. The molecule has 6 heteroatoms. The number of rotatable bonds is 9. The zero-order chi connectivity index (χ0) is 15.7. The third kappa shape index (κ3) is 6.01. The maximum Gasteiger partial charge on any atom is 0.326 e. The second-order valence-corrected chi connectivity index (χ2v) is 5.86. The van der Waals surface area contributed by atoms with Gasteiger partial charge in [0.2, 0.25) is 5.91 Å². The van der Waals surface area contributed by atoms with Gasteiger partial charge < -0.3 is 20.5 Å². The van der Waals surface area contributed by atoms with E-state index in [4.69, 9.17) is 4.74 Å². The zero-order valence-corrected chi connectivity index (χ0v) is 13.1. The van der Waals surface area contributed by atoms with E-state index in [1.807, 2.05) is 7.05 Å². The van der Waals surface area contributed by atoms with Crippen molar-refractivity contribution in [3.05, 3.63) is 0 Å². The summed E-state index contributed by atoms with van der Waals surface area (Å²) in [5, 5.41) is 15.1. The van der Waals surface area contributed by atoms with Crippen LogP contribution in [-0.2, 0) is 14.3 Å². The van der Waals surface area contributed by atoms with Gasteiger partial charge in [-0.15, -0.1) is 0 Å². The fourth-order valence-corrected chi connectivity index (χ4v) is 2.99. The maximum absolute atomic E-state index is 12.2. The molecule has 1 saturated carbocycles. The van der Waals surface area contributed by atoms with E-state index in [-0.39, 0.29) is 11.4 Å². The van der Waals surface area contributed by atoms with E-state index in [2.05, 4.69) is 10.6 Å². The second kappa shape index (κ2) is 9.00. The van der Waals surface area contributed by atoms with Gasteiger partial charge in [0.15, 0.2) is 0 Å². The summed E-state index contributed by atoms with van der Waals surface area (Å²) in [6.45, 7) is 0.500. The Bertz CT molecular complexity index is 341. The number of ether oxygens (including phenoxy) is 1. The number of amides is 1. The minimum Gasteiger partial charge on any atom is -0.480 e. The van der Waals surface area contributed by atoms with E-state index < -0.39 is 12.0 Å². The molecule has 21 heavy (non-hydrogen) atoms. The molecule has 0 aliphatic heterocycles. The van der Waals surface area contributed by atoms with Gasteiger partial charge in [-0.05, 0) is 32.7 Å². The predicted octanol–water partition coefficient (Wildman–Crippen LogP) is 1.29. The Morgan fingerprint density at radius 3 is 2.48 bits per heavy atom. The Balaban J connectivity index is 2.50. The number of carboxylic acid groups (broad SMARTS) is 1. The smallest absolute Gasteiger partial charge is 0.326 e. The molecule has 0 spiro atoms. The quantitative estimate of drug-likeness (QED) is 0.559. The molecular formula is C15H28N2O4. The SMILES string of the molecule is CNC1(CC(=O)NC(CCCOC)C(=O)O)CCCCC1. The average Bonchev–Trinajstić information content (AvgIpc) is 2.47. The van der Waals surface area contributed by atoms with E-state index in [0.717, 1.165) is 25.7 Å². The summed E-state index contributed by atoms with van der Waals surface area (Å²) in [6, 6.07) is -0.829. The van der Waals surface area contributed by atoms with Crippen LogP contribution >= 0.6 is 0 Å². The molecule has 0 radical (unpaired) electrons. The largest absolute Gasteiger partial charge is 0.480 e. The maximum atomic E-state index is 12.2. The Labute approximate surface area is 126 Å². The Kier molecular flexibility index (Phi) is 7.67. The van der Waals surface area contributed by atoms with E-state index in [1.54, 1.807) is 7.11 Å². The highest BCUT2D eigenvalue weighted by molar-refractivity contribution is 5.84. The Morgan fingerprint density at radius 1 is 1.29 bits per heavy atom.